The summed E-state index contributed by atoms with van der Waals surface area (Å²) in [5.74, 6) is 3.61. The Hall–Kier alpha value is -3.69. The van der Waals surface area contributed by atoms with E-state index in [0.29, 0.717) is 5.92 Å². The molecule has 0 amide bonds. The van der Waals surface area contributed by atoms with E-state index in [0.717, 1.165) is 43.1 Å². The quantitative estimate of drug-likeness (QED) is 0.604. The molecule has 0 aliphatic carbocycles. The van der Waals surface area contributed by atoms with Gasteiger partial charge in [0.05, 0.1) is 11.0 Å². The number of benzene rings is 1. The topological polar surface area (TPSA) is 125 Å². The summed E-state index contributed by atoms with van der Waals surface area (Å²) < 4.78 is 2.25. The van der Waals surface area contributed by atoms with Gasteiger partial charge in [0.2, 0.25) is 0 Å². The Bertz CT molecular complexity index is 977. The van der Waals surface area contributed by atoms with Crippen LogP contribution < -0.4 is 9.80 Å². The Kier molecular flexibility index (Phi) is 8.74. The van der Waals surface area contributed by atoms with Crippen molar-refractivity contribution < 1.29 is 19.8 Å². The molecule has 1 fully saturated rings. The molecule has 0 unspecified atom stereocenters. The number of rotatable bonds is 3. The zero-order valence-electron chi connectivity index (χ0n) is 17.9. The minimum atomic E-state index is -0.250. The fourth-order valence-electron chi connectivity index (χ4n) is 3.74. The van der Waals surface area contributed by atoms with Crippen molar-refractivity contribution in [2.45, 2.75) is 18.8 Å². The third-order valence-corrected chi connectivity index (χ3v) is 5.07. The highest BCUT2D eigenvalue weighted by molar-refractivity contribution is 5.76. The Morgan fingerprint density at radius 3 is 2.19 bits per heavy atom. The van der Waals surface area contributed by atoms with Gasteiger partial charge in [0.25, 0.3) is 12.9 Å². The van der Waals surface area contributed by atoms with Gasteiger partial charge in [-0.2, -0.15) is 0 Å². The van der Waals surface area contributed by atoms with E-state index >= 15 is 0 Å². The van der Waals surface area contributed by atoms with Crippen LogP contribution in [0.1, 0.15) is 24.6 Å². The lowest BCUT2D eigenvalue weighted by Crippen LogP contribution is -2.35. The number of fused-ring (bicyclic) bond motifs is 1. The molecule has 1 saturated heterocycles. The van der Waals surface area contributed by atoms with Crippen LogP contribution in [0.25, 0.3) is 11.0 Å². The summed E-state index contributed by atoms with van der Waals surface area (Å²) in [6, 6.07) is 8.37. The Balaban J connectivity index is 0.000000513. The summed E-state index contributed by atoms with van der Waals surface area (Å²) in [5.41, 5.74) is 2.30. The first-order valence-corrected chi connectivity index (χ1v) is 9.78. The number of piperidine rings is 1. The maximum atomic E-state index is 8.36. The third kappa shape index (κ3) is 5.68. The van der Waals surface area contributed by atoms with Gasteiger partial charge in [0.15, 0.2) is 11.6 Å². The number of imidazole rings is 1. The van der Waals surface area contributed by atoms with Gasteiger partial charge in [0, 0.05) is 52.5 Å². The van der Waals surface area contributed by atoms with Crippen LogP contribution in [0.5, 0.6) is 0 Å². The average molecular weight is 428 g/mol. The lowest BCUT2D eigenvalue weighted by atomic mass is 9.96. The molecule has 3 heterocycles. The molecule has 1 aliphatic heterocycles. The molecule has 31 heavy (non-hydrogen) atoms. The van der Waals surface area contributed by atoms with Crippen LogP contribution in [0.3, 0.4) is 0 Å². The van der Waals surface area contributed by atoms with Gasteiger partial charge in [-0.05, 0) is 25.0 Å². The van der Waals surface area contributed by atoms with Gasteiger partial charge in [-0.15, -0.1) is 0 Å². The molecule has 1 aliphatic rings. The van der Waals surface area contributed by atoms with E-state index in [-0.39, 0.29) is 12.9 Å². The van der Waals surface area contributed by atoms with Crippen LogP contribution in [0.2, 0.25) is 0 Å². The Labute approximate surface area is 180 Å². The fraction of sp³-hybridized carbons (Fsp3) is 0.381. The lowest BCUT2D eigenvalue weighted by Gasteiger charge is -2.33. The molecule has 166 valence electrons. The van der Waals surface area contributed by atoms with Crippen molar-refractivity contribution in [3.63, 3.8) is 0 Å². The number of hydrogen-bond donors (Lipinski definition) is 2. The van der Waals surface area contributed by atoms with Gasteiger partial charge in [0.1, 0.15) is 5.82 Å². The summed E-state index contributed by atoms with van der Waals surface area (Å²) in [6.45, 7) is 1.46. The normalized spacial score (nSPS) is 13.5. The second kappa shape index (κ2) is 11.5. The van der Waals surface area contributed by atoms with Gasteiger partial charge in [-0.3, -0.25) is 9.59 Å². The van der Waals surface area contributed by atoms with E-state index in [9.17, 15) is 0 Å². The minimum Gasteiger partial charge on any atom is -0.483 e. The van der Waals surface area contributed by atoms with E-state index in [1.54, 1.807) is 12.4 Å². The minimum absolute atomic E-state index is 0.250. The number of carboxylic acid groups (broad SMARTS) is 2. The van der Waals surface area contributed by atoms with Gasteiger partial charge in [-0.1, -0.05) is 12.1 Å². The summed E-state index contributed by atoms with van der Waals surface area (Å²) in [7, 11) is 6.16. The molecule has 0 saturated carbocycles. The zero-order chi connectivity index (χ0) is 22.8. The van der Waals surface area contributed by atoms with E-state index < -0.39 is 0 Å². The van der Waals surface area contributed by atoms with Crippen molar-refractivity contribution >= 4 is 35.6 Å². The number of anilines is 2. The first-order chi connectivity index (χ1) is 15.0. The van der Waals surface area contributed by atoms with Crippen molar-refractivity contribution in [3.8, 4) is 0 Å². The molecule has 0 spiro atoms. The maximum absolute atomic E-state index is 8.36. The molecule has 0 radical (unpaired) electrons. The predicted octanol–water partition coefficient (Wildman–Crippen LogP) is 2.21. The van der Waals surface area contributed by atoms with E-state index in [4.69, 9.17) is 24.8 Å². The second-order valence-electron chi connectivity index (χ2n) is 7.09. The average Bonchev–Trinajstić information content (AvgIpc) is 3.12. The molecule has 0 bridgehead atoms. The van der Waals surface area contributed by atoms with Crippen molar-refractivity contribution in [2.75, 3.05) is 37.0 Å². The largest absolute Gasteiger partial charge is 0.483 e. The standard InChI is InChI=1S/C19H24N6.2CH2O2/c1-23(2)18-19(21-11-10-20-18)25-12-8-14(9-13-25)17-22-15-6-4-5-7-16(15)24(17)3;2*2-1-3/h4-7,10-11,14H,8-9,12-13H2,1-3H3;2*1H,(H,2,3). The first-order valence-electron chi connectivity index (χ1n) is 9.78. The molecule has 10 heteroatoms. The number of nitrogens with zero attached hydrogens (tertiary/aromatic N) is 6. The molecule has 10 nitrogen and oxygen atoms in total. The molecule has 2 N–H and O–H groups in total. The van der Waals surface area contributed by atoms with Crippen LogP contribution in [0.15, 0.2) is 36.7 Å². The van der Waals surface area contributed by atoms with E-state index in [2.05, 4.69) is 50.7 Å². The van der Waals surface area contributed by atoms with Gasteiger partial charge in [-0.25, -0.2) is 15.0 Å². The Morgan fingerprint density at radius 1 is 1.03 bits per heavy atom. The number of carbonyl (C=O) groups is 2. The van der Waals surface area contributed by atoms with Crippen molar-refractivity contribution in [3.05, 3.63) is 42.5 Å². The molecule has 1 aromatic carbocycles. The van der Waals surface area contributed by atoms with E-state index in [1.807, 2.05) is 19.0 Å². The van der Waals surface area contributed by atoms with Crippen molar-refractivity contribution in [1.82, 2.24) is 19.5 Å². The number of aromatic nitrogens is 4. The zero-order valence-corrected chi connectivity index (χ0v) is 17.9. The van der Waals surface area contributed by atoms with E-state index in [1.165, 1.54) is 11.3 Å². The fourth-order valence-corrected chi connectivity index (χ4v) is 3.74. The molecular formula is C21H28N6O4. The highest BCUT2D eigenvalue weighted by Gasteiger charge is 2.26. The summed E-state index contributed by atoms with van der Waals surface area (Å²) >= 11 is 0. The third-order valence-electron chi connectivity index (χ3n) is 5.07. The van der Waals surface area contributed by atoms with Crippen LogP contribution >= 0.6 is 0 Å². The van der Waals surface area contributed by atoms with Crippen LogP contribution in [0.4, 0.5) is 11.6 Å². The molecular weight excluding hydrogens is 400 g/mol. The number of hydrogen-bond acceptors (Lipinski definition) is 7. The second-order valence-corrected chi connectivity index (χ2v) is 7.09. The number of aryl methyl sites for hydroxylation is 1. The SMILES string of the molecule is CN(C)c1nccnc1N1CCC(c2nc3ccccc3n2C)CC1.O=CO.O=CO. The first kappa shape index (κ1) is 23.6. The predicted molar refractivity (Wildman–Crippen MR) is 119 cm³/mol. The summed E-state index contributed by atoms with van der Waals surface area (Å²) in [6.07, 6.45) is 5.70. The van der Waals surface area contributed by atoms with Crippen molar-refractivity contribution in [1.29, 1.82) is 0 Å². The summed E-state index contributed by atoms with van der Waals surface area (Å²) in [5, 5.41) is 13.8. The summed E-state index contributed by atoms with van der Waals surface area (Å²) in [4.78, 5) is 35.0. The molecule has 2 aromatic heterocycles. The van der Waals surface area contributed by atoms with Crippen molar-refractivity contribution in [2.24, 2.45) is 7.05 Å². The van der Waals surface area contributed by atoms with Gasteiger partial charge < -0.3 is 24.6 Å². The molecule has 0 atom stereocenters. The maximum Gasteiger partial charge on any atom is 0.290 e. The smallest absolute Gasteiger partial charge is 0.290 e. The highest BCUT2D eigenvalue weighted by Crippen LogP contribution is 2.33. The molecule has 4 rings (SSSR count). The van der Waals surface area contributed by atoms with Gasteiger partial charge >= 0.3 is 0 Å². The van der Waals surface area contributed by atoms with Crippen LogP contribution in [-0.4, -0.2) is 69.9 Å². The number of para-hydroxylation sites is 2. The van der Waals surface area contributed by atoms with Crippen LogP contribution in [0, 0.1) is 0 Å². The molecule has 3 aromatic rings. The monoisotopic (exact) mass is 428 g/mol. The lowest BCUT2D eigenvalue weighted by molar-refractivity contribution is -0.123. The highest BCUT2D eigenvalue weighted by atomic mass is 16.3. The van der Waals surface area contributed by atoms with Crippen LogP contribution in [-0.2, 0) is 16.6 Å². The Morgan fingerprint density at radius 2 is 1.61 bits per heavy atom.